The summed E-state index contributed by atoms with van der Waals surface area (Å²) < 4.78 is 48.8. The molecule has 29 heavy (non-hydrogen) atoms. The van der Waals surface area contributed by atoms with Crippen LogP contribution in [-0.4, -0.2) is 11.2 Å². The van der Waals surface area contributed by atoms with Crippen LogP contribution in [0.5, 0.6) is 0 Å². The number of nitrogen functional groups attached to an aromatic ring is 1. The van der Waals surface area contributed by atoms with E-state index in [1.165, 1.54) is 19.1 Å². The van der Waals surface area contributed by atoms with Crippen LogP contribution in [0, 0.1) is 12.8 Å². The molecule has 150 valence electrons. The number of alkyl halides is 3. The second-order valence-electron chi connectivity index (χ2n) is 7.62. The van der Waals surface area contributed by atoms with E-state index in [2.05, 4.69) is 4.98 Å². The van der Waals surface area contributed by atoms with Gasteiger partial charge >= 0.3 is 6.18 Å². The molecule has 0 saturated heterocycles. The van der Waals surface area contributed by atoms with Crippen LogP contribution in [0.4, 0.5) is 18.9 Å². The zero-order chi connectivity index (χ0) is 20.8. The predicted octanol–water partition coefficient (Wildman–Crippen LogP) is 4.33. The summed E-state index contributed by atoms with van der Waals surface area (Å²) >= 11 is 0. The fourth-order valence-corrected chi connectivity index (χ4v) is 3.76. The smallest absolute Gasteiger partial charge is 0.398 e. The zero-order valence-corrected chi connectivity index (χ0v) is 16.1. The normalized spacial score (nSPS) is 18.3. The first-order chi connectivity index (χ1) is 13.7. The van der Waals surface area contributed by atoms with Gasteiger partial charge < -0.3 is 10.2 Å². The van der Waals surface area contributed by atoms with Gasteiger partial charge in [-0.15, -0.1) is 0 Å². The van der Waals surface area contributed by atoms with Crippen molar-refractivity contribution in [2.75, 3.05) is 5.73 Å². The van der Waals surface area contributed by atoms with Crippen LogP contribution in [0.15, 0.2) is 52.9 Å². The van der Waals surface area contributed by atoms with Crippen molar-refractivity contribution in [3.8, 4) is 11.5 Å². The van der Waals surface area contributed by atoms with Gasteiger partial charge in [0.05, 0.1) is 5.41 Å². The van der Waals surface area contributed by atoms with Gasteiger partial charge in [0, 0.05) is 17.2 Å². The van der Waals surface area contributed by atoms with Gasteiger partial charge in [0.25, 0.3) is 0 Å². The third kappa shape index (κ3) is 3.22. The molecule has 2 N–H and O–H groups in total. The van der Waals surface area contributed by atoms with E-state index in [0.717, 1.165) is 11.1 Å². The molecule has 0 amide bonds. The minimum absolute atomic E-state index is 0.147. The second kappa shape index (κ2) is 6.79. The molecule has 3 nitrogen and oxygen atoms in total. The number of hydrogen-bond acceptors (Lipinski definition) is 3. The molecular weight excluding hydrogens is 377 g/mol. The van der Waals surface area contributed by atoms with Crippen LogP contribution in [0.2, 0.25) is 0 Å². The molecule has 1 aliphatic rings. The van der Waals surface area contributed by atoms with Crippen LogP contribution >= 0.6 is 0 Å². The standard InChI is InChI=1S/C23H21F3N2O/c1-14-8-9-16(12-18(14)27)22(2,23(24,25)26)17-10-11-19-20(13-17)29-21(28-19)15-6-4-3-5-7-15/h3-9,11-13,17H,10,27H2,1-2H3. The molecule has 1 aromatic heterocycles. The number of rotatable bonds is 3. The Morgan fingerprint density at radius 1 is 1.10 bits per heavy atom. The Balaban J connectivity index is 1.82. The van der Waals surface area contributed by atoms with E-state index in [1.807, 2.05) is 30.3 Å². The summed E-state index contributed by atoms with van der Waals surface area (Å²) in [5.41, 5.74) is 6.22. The minimum Gasteiger partial charge on any atom is -0.436 e. The van der Waals surface area contributed by atoms with Crippen LogP contribution < -0.4 is 16.5 Å². The molecule has 0 saturated carbocycles. The number of benzene rings is 2. The van der Waals surface area contributed by atoms with Gasteiger partial charge in [-0.3, -0.25) is 0 Å². The highest BCUT2D eigenvalue weighted by atomic mass is 19.4. The number of nitrogens with two attached hydrogens (primary N) is 1. The van der Waals surface area contributed by atoms with Crippen molar-refractivity contribution in [1.82, 2.24) is 4.98 Å². The van der Waals surface area contributed by atoms with Gasteiger partial charge in [0.2, 0.25) is 5.89 Å². The Hall–Kier alpha value is -3.02. The number of nitrogens with zero attached hydrogens (tertiary/aromatic N) is 1. The monoisotopic (exact) mass is 398 g/mol. The SMILES string of the molecule is Cc1ccc(C(C)(C2C=c3oc(-c4ccccc4)nc3=CC2)C(F)(F)F)cc1N. The summed E-state index contributed by atoms with van der Waals surface area (Å²) in [4.78, 5) is 4.44. The predicted molar refractivity (Wildman–Crippen MR) is 107 cm³/mol. The maximum Gasteiger partial charge on any atom is 0.398 e. The topological polar surface area (TPSA) is 52.0 Å². The molecule has 0 radical (unpaired) electrons. The van der Waals surface area contributed by atoms with E-state index in [-0.39, 0.29) is 12.0 Å². The van der Waals surface area contributed by atoms with E-state index in [0.29, 0.717) is 22.3 Å². The molecule has 0 spiro atoms. The molecule has 2 unspecified atom stereocenters. The Kier molecular flexibility index (Phi) is 4.52. The van der Waals surface area contributed by atoms with Crippen molar-refractivity contribution in [3.05, 3.63) is 70.4 Å². The molecular formula is C23H21F3N2O. The number of anilines is 1. The number of aromatic nitrogens is 1. The lowest BCUT2D eigenvalue weighted by molar-refractivity contribution is -0.194. The molecule has 2 aromatic carbocycles. The maximum atomic E-state index is 14.3. The zero-order valence-electron chi connectivity index (χ0n) is 16.1. The fourth-order valence-electron chi connectivity index (χ4n) is 3.76. The second-order valence-corrected chi connectivity index (χ2v) is 7.62. The van der Waals surface area contributed by atoms with Gasteiger partial charge in [-0.1, -0.05) is 36.4 Å². The lowest BCUT2D eigenvalue weighted by Gasteiger charge is -2.38. The molecule has 0 bridgehead atoms. The van der Waals surface area contributed by atoms with Crippen molar-refractivity contribution in [3.63, 3.8) is 0 Å². The van der Waals surface area contributed by atoms with Gasteiger partial charge in [-0.25, -0.2) is 4.98 Å². The van der Waals surface area contributed by atoms with Gasteiger partial charge in [-0.05, 0) is 55.7 Å². The summed E-state index contributed by atoms with van der Waals surface area (Å²) in [6.45, 7) is 3.00. The van der Waals surface area contributed by atoms with Gasteiger partial charge in [0.1, 0.15) is 5.35 Å². The molecule has 1 heterocycles. The summed E-state index contributed by atoms with van der Waals surface area (Å²) in [6.07, 6.45) is -0.989. The number of aryl methyl sites for hydroxylation is 1. The number of halogens is 3. The molecule has 6 heteroatoms. The third-order valence-electron chi connectivity index (χ3n) is 5.83. The molecule has 0 fully saturated rings. The van der Waals surface area contributed by atoms with Crippen LogP contribution in [0.1, 0.15) is 24.5 Å². The highest BCUT2D eigenvalue weighted by molar-refractivity contribution is 5.55. The summed E-state index contributed by atoms with van der Waals surface area (Å²) in [7, 11) is 0. The van der Waals surface area contributed by atoms with Gasteiger partial charge in [0.15, 0.2) is 5.42 Å². The van der Waals surface area contributed by atoms with Crippen molar-refractivity contribution >= 4 is 17.8 Å². The first-order valence-corrected chi connectivity index (χ1v) is 9.38. The van der Waals surface area contributed by atoms with E-state index in [9.17, 15) is 13.2 Å². The molecule has 3 aromatic rings. The number of oxazole rings is 1. The molecule has 2 atom stereocenters. The van der Waals surface area contributed by atoms with E-state index >= 15 is 0 Å². The highest BCUT2D eigenvalue weighted by Crippen LogP contribution is 2.49. The van der Waals surface area contributed by atoms with Crippen molar-refractivity contribution < 1.29 is 17.6 Å². The van der Waals surface area contributed by atoms with Crippen molar-refractivity contribution in [2.45, 2.75) is 31.9 Å². The van der Waals surface area contributed by atoms with Gasteiger partial charge in [-0.2, -0.15) is 13.2 Å². The number of fused-ring (bicyclic) bond motifs is 1. The lowest BCUT2D eigenvalue weighted by Crippen LogP contribution is -2.47. The van der Waals surface area contributed by atoms with Crippen LogP contribution in [-0.2, 0) is 5.41 Å². The van der Waals surface area contributed by atoms with Crippen LogP contribution in [0.25, 0.3) is 23.6 Å². The average Bonchev–Trinajstić information content (AvgIpc) is 3.12. The van der Waals surface area contributed by atoms with Crippen LogP contribution in [0.3, 0.4) is 0 Å². The van der Waals surface area contributed by atoms with E-state index in [1.54, 1.807) is 25.1 Å². The lowest BCUT2D eigenvalue weighted by atomic mass is 9.68. The van der Waals surface area contributed by atoms with Crippen molar-refractivity contribution in [1.29, 1.82) is 0 Å². The largest absolute Gasteiger partial charge is 0.436 e. The Labute approximate surface area is 166 Å². The summed E-state index contributed by atoms with van der Waals surface area (Å²) in [5.74, 6) is -0.439. The first-order valence-electron chi connectivity index (χ1n) is 9.38. The maximum absolute atomic E-state index is 14.3. The Bertz CT molecular complexity index is 1170. The van der Waals surface area contributed by atoms with Crippen molar-refractivity contribution in [2.24, 2.45) is 5.92 Å². The highest BCUT2D eigenvalue weighted by Gasteiger charge is 2.56. The summed E-state index contributed by atoms with van der Waals surface area (Å²) in [6, 6.07) is 13.9. The Morgan fingerprint density at radius 2 is 1.83 bits per heavy atom. The Morgan fingerprint density at radius 3 is 2.48 bits per heavy atom. The van der Waals surface area contributed by atoms with E-state index in [4.69, 9.17) is 10.2 Å². The molecule has 4 rings (SSSR count). The molecule has 0 aliphatic heterocycles. The fraction of sp³-hybridized carbons (Fsp3) is 0.261. The minimum atomic E-state index is -4.47. The first kappa shape index (κ1) is 19.3. The summed E-state index contributed by atoms with van der Waals surface area (Å²) in [5, 5.41) is 0.577. The average molecular weight is 398 g/mol. The number of hydrogen-bond donors (Lipinski definition) is 1. The quantitative estimate of drug-likeness (QED) is 0.668. The molecule has 1 aliphatic carbocycles. The van der Waals surface area contributed by atoms with E-state index < -0.39 is 17.5 Å². The third-order valence-corrected chi connectivity index (χ3v) is 5.83.